The molecule has 0 amide bonds. The summed E-state index contributed by atoms with van der Waals surface area (Å²) >= 11 is 5.72. The molecule has 0 saturated heterocycles. The van der Waals surface area contributed by atoms with Gasteiger partial charge in [-0.05, 0) is 56.4 Å². The first-order valence-corrected chi connectivity index (χ1v) is 9.59. The van der Waals surface area contributed by atoms with E-state index >= 15 is 0 Å². The van der Waals surface area contributed by atoms with Crippen molar-refractivity contribution in [2.24, 2.45) is 0 Å². The van der Waals surface area contributed by atoms with Crippen molar-refractivity contribution in [3.05, 3.63) is 59.6 Å². The first-order chi connectivity index (χ1) is 13.2. The normalized spacial score (nSPS) is 13.9. The Balaban J connectivity index is 1.45. The maximum absolute atomic E-state index is 5.78. The zero-order valence-corrected chi connectivity index (χ0v) is 16.2. The van der Waals surface area contributed by atoms with E-state index in [9.17, 15) is 0 Å². The molecule has 0 atom stereocenters. The Kier molecular flexibility index (Phi) is 5.31. The first-order valence-electron chi connectivity index (χ1n) is 9.18. The zero-order valence-electron chi connectivity index (χ0n) is 15.4. The van der Waals surface area contributed by atoms with Crippen molar-refractivity contribution >= 4 is 12.2 Å². The molecule has 6 nitrogen and oxygen atoms in total. The van der Waals surface area contributed by atoms with Crippen LogP contribution in [0, 0.1) is 4.77 Å². The van der Waals surface area contributed by atoms with Crippen molar-refractivity contribution in [1.82, 2.24) is 24.2 Å². The average molecular weight is 382 g/mol. The van der Waals surface area contributed by atoms with Crippen LogP contribution in [0.5, 0.6) is 5.75 Å². The minimum absolute atomic E-state index is 0.466. The van der Waals surface area contributed by atoms with Gasteiger partial charge in [0, 0.05) is 30.5 Å². The van der Waals surface area contributed by atoms with Crippen molar-refractivity contribution in [1.29, 1.82) is 0 Å². The van der Waals surface area contributed by atoms with Crippen LogP contribution in [0.3, 0.4) is 0 Å². The molecule has 2 aromatic heterocycles. The molecule has 1 fully saturated rings. The maximum atomic E-state index is 5.78. The van der Waals surface area contributed by atoms with Gasteiger partial charge in [-0.1, -0.05) is 18.2 Å². The lowest BCUT2D eigenvalue weighted by Gasteiger charge is -2.16. The maximum Gasteiger partial charge on any atom is 0.199 e. The van der Waals surface area contributed by atoms with E-state index in [2.05, 4.69) is 21.5 Å². The average Bonchev–Trinajstić information content (AvgIpc) is 3.48. The number of hydrogen-bond acceptors (Lipinski definition) is 5. The van der Waals surface area contributed by atoms with Crippen LogP contribution in [0.2, 0.25) is 0 Å². The number of nitrogens with zero attached hydrogens (tertiary/aromatic N) is 5. The predicted molar refractivity (Wildman–Crippen MR) is 107 cm³/mol. The topological polar surface area (TPSA) is 48.1 Å². The highest BCUT2D eigenvalue weighted by atomic mass is 32.1. The number of benzene rings is 1. The van der Waals surface area contributed by atoms with Crippen molar-refractivity contribution in [3.63, 3.8) is 0 Å². The van der Waals surface area contributed by atoms with E-state index in [-0.39, 0.29) is 0 Å². The minimum atomic E-state index is 0.466. The van der Waals surface area contributed by atoms with Gasteiger partial charge in [0.1, 0.15) is 12.4 Å². The van der Waals surface area contributed by atoms with Crippen LogP contribution in [-0.4, -0.2) is 44.4 Å². The second-order valence-corrected chi connectivity index (χ2v) is 7.20. The lowest BCUT2D eigenvalue weighted by atomic mass is 10.3. The Morgan fingerprint density at radius 2 is 2.00 bits per heavy atom. The van der Waals surface area contributed by atoms with Crippen LogP contribution in [0.1, 0.15) is 18.9 Å². The van der Waals surface area contributed by atoms with Crippen LogP contribution in [0.4, 0.5) is 0 Å². The third kappa shape index (κ3) is 4.26. The van der Waals surface area contributed by atoms with Crippen molar-refractivity contribution < 1.29 is 4.74 Å². The molecular weight excluding hydrogens is 358 g/mol. The van der Waals surface area contributed by atoms with Gasteiger partial charge in [-0.2, -0.15) is 5.10 Å². The molecule has 2 heterocycles. The molecule has 140 valence electrons. The lowest BCUT2D eigenvalue weighted by Crippen LogP contribution is -2.27. The van der Waals surface area contributed by atoms with E-state index in [1.54, 1.807) is 6.20 Å². The van der Waals surface area contributed by atoms with Gasteiger partial charge < -0.3 is 4.74 Å². The SMILES string of the molecule is CN(CCOc1ccccc1)Cn1nc(-c2cccnc2)n(C2CC2)c1=S. The highest BCUT2D eigenvalue weighted by molar-refractivity contribution is 7.71. The lowest BCUT2D eigenvalue weighted by molar-refractivity contribution is 0.197. The van der Waals surface area contributed by atoms with E-state index < -0.39 is 0 Å². The summed E-state index contributed by atoms with van der Waals surface area (Å²) in [5.74, 6) is 1.80. The molecule has 0 spiro atoms. The molecule has 1 aliphatic carbocycles. The molecule has 0 aliphatic heterocycles. The van der Waals surface area contributed by atoms with Crippen molar-refractivity contribution in [2.45, 2.75) is 25.6 Å². The quantitative estimate of drug-likeness (QED) is 0.556. The Morgan fingerprint density at radius 1 is 1.19 bits per heavy atom. The van der Waals surface area contributed by atoms with Crippen LogP contribution in [0.15, 0.2) is 54.9 Å². The number of para-hydroxylation sites is 1. The zero-order chi connectivity index (χ0) is 18.6. The second kappa shape index (κ2) is 8.02. The van der Waals surface area contributed by atoms with E-state index in [4.69, 9.17) is 22.1 Å². The van der Waals surface area contributed by atoms with Gasteiger partial charge in [-0.25, -0.2) is 4.68 Å². The molecule has 3 aromatic rings. The van der Waals surface area contributed by atoms with E-state index in [1.165, 1.54) is 0 Å². The highest BCUT2D eigenvalue weighted by Crippen LogP contribution is 2.38. The van der Waals surface area contributed by atoms with Crippen LogP contribution in [0.25, 0.3) is 11.4 Å². The molecular formula is C20H23N5OS. The second-order valence-electron chi connectivity index (χ2n) is 6.83. The summed E-state index contributed by atoms with van der Waals surface area (Å²) < 4.78 is 10.6. The van der Waals surface area contributed by atoms with Gasteiger partial charge in [0.05, 0.1) is 6.67 Å². The Hall–Kier alpha value is -2.51. The largest absolute Gasteiger partial charge is 0.492 e. The number of aromatic nitrogens is 4. The van der Waals surface area contributed by atoms with Crippen molar-refractivity contribution in [3.8, 4) is 17.1 Å². The molecule has 0 unspecified atom stereocenters. The number of pyridine rings is 1. The summed E-state index contributed by atoms with van der Waals surface area (Å²) in [6.45, 7) is 2.03. The molecule has 0 radical (unpaired) electrons. The Labute approximate surface area is 164 Å². The summed E-state index contributed by atoms with van der Waals surface area (Å²) in [6.07, 6.45) is 5.94. The minimum Gasteiger partial charge on any atom is -0.492 e. The summed E-state index contributed by atoms with van der Waals surface area (Å²) in [7, 11) is 2.05. The Bertz CT molecular complexity index is 934. The molecule has 1 aromatic carbocycles. The van der Waals surface area contributed by atoms with Crippen LogP contribution in [-0.2, 0) is 6.67 Å². The van der Waals surface area contributed by atoms with E-state index in [1.807, 2.05) is 53.3 Å². The smallest absolute Gasteiger partial charge is 0.199 e. The standard InChI is InChI=1S/C20H23N5OS/c1-23(12-13-26-18-7-3-2-4-8-18)15-24-20(27)25(17-9-10-17)19(22-24)16-6-5-11-21-14-16/h2-8,11,14,17H,9-10,12-13,15H2,1H3. The highest BCUT2D eigenvalue weighted by Gasteiger charge is 2.29. The molecule has 27 heavy (non-hydrogen) atoms. The van der Waals surface area contributed by atoms with Gasteiger partial charge in [0.15, 0.2) is 10.6 Å². The summed E-state index contributed by atoms with van der Waals surface area (Å²) in [5, 5.41) is 4.80. The fourth-order valence-electron chi connectivity index (χ4n) is 3.00. The summed E-state index contributed by atoms with van der Waals surface area (Å²) in [4.78, 5) is 6.39. The van der Waals surface area contributed by atoms with Gasteiger partial charge >= 0.3 is 0 Å². The summed E-state index contributed by atoms with van der Waals surface area (Å²) in [5.41, 5.74) is 1.00. The number of hydrogen-bond donors (Lipinski definition) is 0. The van der Waals surface area contributed by atoms with Crippen LogP contribution >= 0.6 is 12.2 Å². The van der Waals surface area contributed by atoms with E-state index in [0.29, 0.717) is 19.3 Å². The molecule has 7 heteroatoms. The number of likely N-dealkylation sites (N-methyl/N-ethyl adjacent to an activating group) is 1. The molecule has 1 aliphatic rings. The summed E-state index contributed by atoms with van der Waals surface area (Å²) in [6, 6.07) is 14.3. The fraction of sp³-hybridized carbons (Fsp3) is 0.350. The number of rotatable bonds is 8. The first kappa shape index (κ1) is 17.9. The molecule has 4 rings (SSSR count). The molecule has 0 bridgehead atoms. The third-order valence-electron chi connectivity index (χ3n) is 4.56. The molecule has 1 saturated carbocycles. The number of ether oxygens (including phenoxy) is 1. The van der Waals surface area contributed by atoms with Crippen LogP contribution < -0.4 is 4.74 Å². The van der Waals surface area contributed by atoms with Crippen molar-refractivity contribution in [2.75, 3.05) is 20.2 Å². The van der Waals surface area contributed by atoms with E-state index in [0.717, 1.165) is 41.3 Å². The fourth-order valence-corrected chi connectivity index (χ4v) is 3.34. The third-order valence-corrected chi connectivity index (χ3v) is 4.97. The monoisotopic (exact) mass is 381 g/mol. The van der Waals surface area contributed by atoms with Gasteiger partial charge in [-0.3, -0.25) is 14.5 Å². The molecule has 0 N–H and O–H groups in total. The van der Waals surface area contributed by atoms with Gasteiger partial charge in [0.25, 0.3) is 0 Å². The predicted octanol–water partition coefficient (Wildman–Crippen LogP) is 3.78. The Morgan fingerprint density at radius 3 is 2.70 bits per heavy atom. The van der Waals surface area contributed by atoms with Gasteiger partial charge in [-0.15, -0.1) is 0 Å². The van der Waals surface area contributed by atoms with Gasteiger partial charge in [0.2, 0.25) is 0 Å².